The zero-order chi connectivity index (χ0) is 20.5. The number of pyridine rings is 2. The van der Waals surface area contributed by atoms with Gasteiger partial charge in [-0.2, -0.15) is 0 Å². The van der Waals surface area contributed by atoms with Gasteiger partial charge in [0.25, 0.3) is 5.56 Å². The Morgan fingerprint density at radius 1 is 1.10 bits per heavy atom. The number of rotatable bonds is 3. The maximum Gasteiger partial charge on any atom is 0.252 e. The fourth-order valence-electron chi connectivity index (χ4n) is 3.39. The molecule has 4 rings (SSSR count). The second kappa shape index (κ2) is 7.56. The van der Waals surface area contributed by atoms with Crippen LogP contribution < -0.4 is 11.3 Å². The highest BCUT2D eigenvalue weighted by atomic mass is 35.5. The highest BCUT2D eigenvalue weighted by molar-refractivity contribution is 6.30. The fraction of sp³-hybridized carbons (Fsp3) is 0.0833. The van der Waals surface area contributed by atoms with Crippen molar-refractivity contribution in [2.24, 2.45) is 12.8 Å². The van der Waals surface area contributed by atoms with E-state index < -0.39 is 0 Å². The van der Waals surface area contributed by atoms with Crippen LogP contribution >= 0.6 is 11.6 Å². The van der Waals surface area contributed by atoms with Crippen molar-refractivity contribution in [1.29, 1.82) is 0 Å². The van der Waals surface area contributed by atoms with E-state index in [0.29, 0.717) is 10.7 Å². The average Bonchev–Trinajstić information content (AvgIpc) is 2.76. The molecule has 0 bridgehead atoms. The van der Waals surface area contributed by atoms with Crippen molar-refractivity contribution in [3.8, 4) is 23.5 Å². The number of hydrogen-bond donors (Lipinski definition) is 1. The van der Waals surface area contributed by atoms with Gasteiger partial charge in [0.05, 0.1) is 6.04 Å². The Bertz CT molecular complexity index is 1320. The van der Waals surface area contributed by atoms with E-state index in [1.54, 1.807) is 19.3 Å². The van der Waals surface area contributed by atoms with Gasteiger partial charge in [-0.3, -0.25) is 9.36 Å². The predicted molar refractivity (Wildman–Crippen MR) is 118 cm³/mol. The molecule has 1 unspecified atom stereocenters. The fourth-order valence-corrected chi connectivity index (χ4v) is 3.52. The third kappa shape index (κ3) is 3.54. The number of halogens is 1. The third-order valence-electron chi connectivity index (χ3n) is 5.02. The lowest BCUT2D eigenvalue weighted by Crippen LogP contribution is -2.18. The Labute approximate surface area is 173 Å². The Balaban J connectivity index is 1.93. The zero-order valence-electron chi connectivity index (χ0n) is 15.8. The third-order valence-corrected chi connectivity index (χ3v) is 5.27. The summed E-state index contributed by atoms with van der Waals surface area (Å²) in [6.07, 6.45) is 7.26. The molecule has 0 aliphatic rings. The zero-order valence-corrected chi connectivity index (χ0v) is 16.5. The number of hydrogen-bond acceptors (Lipinski definition) is 3. The van der Waals surface area contributed by atoms with Gasteiger partial charge in [-0.25, -0.2) is 4.98 Å². The summed E-state index contributed by atoms with van der Waals surface area (Å²) in [6, 6.07) is 18.2. The molecule has 2 aromatic heterocycles. The number of benzene rings is 2. The Morgan fingerprint density at radius 2 is 1.86 bits per heavy atom. The van der Waals surface area contributed by atoms with Gasteiger partial charge in [0.15, 0.2) is 0 Å². The molecule has 142 valence electrons. The molecule has 2 aromatic carbocycles. The van der Waals surface area contributed by atoms with Crippen LogP contribution in [0.15, 0.2) is 71.7 Å². The van der Waals surface area contributed by atoms with Crippen LogP contribution in [-0.4, -0.2) is 9.55 Å². The molecule has 0 aliphatic heterocycles. The van der Waals surface area contributed by atoms with E-state index in [0.717, 1.165) is 33.2 Å². The van der Waals surface area contributed by atoms with Crippen molar-refractivity contribution in [2.75, 3.05) is 0 Å². The van der Waals surface area contributed by atoms with E-state index in [-0.39, 0.29) is 11.6 Å². The summed E-state index contributed by atoms with van der Waals surface area (Å²) in [4.78, 5) is 17.1. The molecule has 0 amide bonds. The van der Waals surface area contributed by atoms with Crippen LogP contribution in [0.5, 0.6) is 0 Å². The summed E-state index contributed by atoms with van der Waals surface area (Å²) >= 11 is 5.99. The maximum absolute atomic E-state index is 12.5. The molecule has 0 saturated heterocycles. The lowest BCUT2D eigenvalue weighted by atomic mass is 9.96. The van der Waals surface area contributed by atoms with Gasteiger partial charge in [0, 0.05) is 35.3 Å². The summed E-state index contributed by atoms with van der Waals surface area (Å²) in [6.45, 7) is 0. The van der Waals surface area contributed by atoms with Crippen molar-refractivity contribution in [2.45, 2.75) is 6.04 Å². The molecule has 4 nitrogen and oxygen atoms in total. The van der Waals surface area contributed by atoms with Gasteiger partial charge in [-0.05, 0) is 52.6 Å². The number of aromatic nitrogens is 2. The smallest absolute Gasteiger partial charge is 0.252 e. The molecule has 2 N–H and O–H groups in total. The molecule has 4 aromatic rings. The van der Waals surface area contributed by atoms with Crippen molar-refractivity contribution < 1.29 is 0 Å². The number of aryl methyl sites for hydroxylation is 1. The van der Waals surface area contributed by atoms with Crippen molar-refractivity contribution in [3.05, 3.63) is 98.9 Å². The summed E-state index contributed by atoms with van der Waals surface area (Å²) in [5.74, 6) is 2.64. The number of terminal acetylenes is 1. The van der Waals surface area contributed by atoms with E-state index in [1.165, 1.54) is 4.57 Å². The first-order valence-electron chi connectivity index (χ1n) is 9.05. The van der Waals surface area contributed by atoms with Gasteiger partial charge in [-0.15, -0.1) is 6.42 Å². The van der Waals surface area contributed by atoms with Crippen LogP contribution in [0, 0.1) is 12.3 Å². The number of nitrogens with zero attached hydrogens (tertiary/aromatic N) is 2. The first-order chi connectivity index (χ1) is 14.0. The van der Waals surface area contributed by atoms with Gasteiger partial charge in [-0.1, -0.05) is 41.8 Å². The minimum Gasteiger partial charge on any atom is -0.320 e. The molecule has 2 heterocycles. The Hall–Kier alpha value is -3.39. The Morgan fingerprint density at radius 3 is 2.59 bits per heavy atom. The van der Waals surface area contributed by atoms with E-state index in [9.17, 15) is 4.79 Å². The normalized spacial score (nSPS) is 11.9. The van der Waals surface area contributed by atoms with Crippen LogP contribution in [0.1, 0.15) is 22.7 Å². The molecule has 0 aliphatic carbocycles. The van der Waals surface area contributed by atoms with Crippen molar-refractivity contribution in [1.82, 2.24) is 9.55 Å². The SMILES string of the molecule is C#Cc1cccc(-c2cc(=O)n(C)c3ncc(C(N)c4ccc(Cl)cc4)cc23)c1. The lowest BCUT2D eigenvalue weighted by Gasteiger charge is -2.16. The highest BCUT2D eigenvalue weighted by Crippen LogP contribution is 2.30. The van der Waals surface area contributed by atoms with Crippen LogP contribution in [0.4, 0.5) is 0 Å². The molecule has 0 fully saturated rings. The minimum atomic E-state index is -0.369. The monoisotopic (exact) mass is 399 g/mol. The first kappa shape index (κ1) is 18.9. The highest BCUT2D eigenvalue weighted by Gasteiger charge is 2.15. The van der Waals surface area contributed by atoms with Crippen molar-refractivity contribution in [3.63, 3.8) is 0 Å². The standard InChI is InChI=1S/C24H18ClN3O/c1-3-15-5-4-6-17(11-15)20-13-22(29)28(2)24-21(20)12-18(14-27-24)23(26)16-7-9-19(25)10-8-16/h1,4-14,23H,26H2,2H3. The van der Waals surface area contributed by atoms with E-state index >= 15 is 0 Å². The maximum atomic E-state index is 12.5. The second-order valence-electron chi connectivity index (χ2n) is 6.85. The van der Waals surface area contributed by atoms with E-state index in [4.69, 9.17) is 23.8 Å². The minimum absolute atomic E-state index is 0.138. The molecule has 29 heavy (non-hydrogen) atoms. The molecular formula is C24H18ClN3O. The van der Waals surface area contributed by atoms with Crippen LogP contribution in [-0.2, 0) is 7.05 Å². The lowest BCUT2D eigenvalue weighted by molar-refractivity contribution is 0.854. The van der Waals surface area contributed by atoms with Gasteiger partial charge in [0.2, 0.25) is 0 Å². The molecular weight excluding hydrogens is 382 g/mol. The summed E-state index contributed by atoms with van der Waals surface area (Å²) < 4.78 is 1.53. The van der Waals surface area contributed by atoms with E-state index in [1.807, 2.05) is 54.6 Å². The summed E-state index contributed by atoms with van der Waals surface area (Å²) in [5.41, 5.74) is 11.1. The summed E-state index contributed by atoms with van der Waals surface area (Å²) in [7, 11) is 1.71. The molecule has 0 spiro atoms. The largest absolute Gasteiger partial charge is 0.320 e. The van der Waals surface area contributed by atoms with Gasteiger partial charge in [0.1, 0.15) is 5.65 Å². The molecule has 0 radical (unpaired) electrons. The molecule has 0 saturated carbocycles. The number of fused-ring (bicyclic) bond motifs is 1. The second-order valence-corrected chi connectivity index (χ2v) is 7.29. The Kier molecular flexibility index (Phi) is 4.94. The van der Waals surface area contributed by atoms with Crippen LogP contribution in [0.3, 0.4) is 0 Å². The van der Waals surface area contributed by atoms with Crippen molar-refractivity contribution >= 4 is 22.6 Å². The van der Waals surface area contributed by atoms with Gasteiger partial charge >= 0.3 is 0 Å². The van der Waals surface area contributed by atoms with Crippen LogP contribution in [0.2, 0.25) is 5.02 Å². The average molecular weight is 400 g/mol. The summed E-state index contributed by atoms with van der Waals surface area (Å²) in [5, 5.41) is 1.49. The van der Waals surface area contributed by atoms with Gasteiger partial charge < -0.3 is 5.73 Å². The quantitative estimate of drug-likeness (QED) is 0.523. The topological polar surface area (TPSA) is 60.9 Å². The number of nitrogens with two attached hydrogens (primary N) is 1. The first-order valence-corrected chi connectivity index (χ1v) is 9.43. The van der Waals surface area contributed by atoms with E-state index in [2.05, 4.69) is 10.9 Å². The molecule has 5 heteroatoms. The molecule has 1 atom stereocenters. The predicted octanol–water partition coefficient (Wildman–Crippen LogP) is 4.28. The van der Waals surface area contributed by atoms with Crippen LogP contribution in [0.25, 0.3) is 22.2 Å².